The SMILES string of the molecule is CN(CCOC(=O)Cc1ccccc1Nc1c(Cl)cccc1Cl)C(=O)CN. The molecule has 144 valence electrons. The molecule has 1 amide bonds. The summed E-state index contributed by atoms with van der Waals surface area (Å²) in [5.74, 6) is -0.611. The fourth-order valence-electron chi connectivity index (χ4n) is 2.33. The van der Waals surface area contributed by atoms with E-state index in [9.17, 15) is 9.59 Å². The number of nitrogens with one attached hydrogen (secondary N) is 1. The Kier molecular flexibility index (Phi) is 7.91. The van der Waals surface area contributed by atoms with Gasteiger partial charge >= 0.3 is 5.97 Å². The predicted molar refractivity (Wildman–Crippen MR) is 108 cm³/mol. The van der Waals surface area contributed by atoms with Crippen molar-refractivity contribution in [3.05, 3.63) is 58.1 Å². The van der Waals surface area contributed by atoms with E-state index in [1.165, 1.54) is 4.90 Å². The summed E-state index contributed by atoms with van der Waals surface area (Å²) in [5.41, 5.74) is 7.30. The molecule has 27 heavy (non-hydrogen) atoms. The van der Waals surface area contributed by atoms with E-state index in [1.54, 1.807) is 25.2 Å². The first kappa shape index (κ1) is 21.0. The number of halogens is 2. The lowest BCUT2D eigenvalue weighted by atomic mass is 10.1. The summed E-state index contributed by atoms with van der Waals surface area (Å²) < 4.78 is 5.21. The zero-order valence-corrected chi connectivity index (χ0v) is 16.4. The molecule has 0 aromatic heterocycles. The van der Waals surface area contributed by atoms with Gasteiger partial charge < -0.3 is 20.7 Å². The van der Waals surface area contributed by atoms with Gasteiger partial charge in [-0.2, -0.15) is 0 Å². The average Bonchev–Trinajstić information content (AvgIpc) is 2.65. The molecule has 0 saturated heterocycles. The van der Waals surface area contributed by atoms with Gasteiger partial charge in [0.1, 0.15) is 6.61 Å². The lowest BCUT2D eigenvalue weighted by Crippen LogP contribution is -2.35. The molecular weight excluding hydrogens is 389 g/mol. The summed E-state index contributed by atoms with van der Waals surface area (Å²) in [7, 11) is 1.61. The molecule has 2 aromatic rings. The second kappa shape index (κ2) is 10.2. The second-order valence-corrected chi connectivity index (χ2v) is 6.61. The van der Waals surface area contributed by atoms with Crippen LogP contribution in [-0.2, 0) is 20.7 Å². The Bertz CT molecular complexity index is 794. The summed E-state index contributed by atoms with van der Waals surface area (Å²) in [5, 5.41) is 4.13. The van der Waals surface area contributed by atoms with Crippen LogP contribution in [0.3, 0.4) is 0 Å². The highest BCUT2D eigenvalue weighted by Crippen LogP contribution is 2.33. The van der Waals surface area contributed by atoms with Crippen LogP contribution >= 0.6 is 23.2 Å². The highest BCUT2D eigenvalue weighted by Gasteiger charge is 2.13. The zero-order chi connectivity index (χ0) is 19.8. The number of benzene rings is 2. The highest BCUT2D eigenvalue weighted by molar-refractivity contribution is 6.39. The molecule has 0 unspecified atom stereocenters. The van der Waals surface area contributed by atoms with Crippen LogP contribution < -0.4 is 11.1 Å². The van der Waals surface area contributed by atoms with Gasteiger partial charge in [-0.15, -0.1) is 0 Å². The van der Waals surface area contributed by atoms with Crippen LogP contribution in [0.4, 0.5) is 11.4 Å². The van der Waals surface area contributed by atoms with E-state index >= 15 is 0 Å². The molecule has 6 nitrogen and oxygen atoms in total. The minimum absolute atomic E-state index is 0.0692. The molecule has 0 atom stereocenters. The maximum Gasteiger partial charge on any atom is 0.310 e. The van der Waals surface area contributed by atoms with E-state index in [4.69, 9.17) is 33.7 Å². The van der Waals surface area contributed by atoms with Gasteiger partial charge in [0.05, 0.1) is 35.2 Å². The number of amides is 1. The molecular formula is C19H21Cl2N3O3. The standard InChI is InChI=1S/C19H21Cl2N3O3/c1-24(17(25)12-22)9-10-27-18(26)11-13-5-2-3-8-16(13)23-19-14(20)6-4-7-15(19)21/h2-8,23H,9-12,22H2,1H3. The van der Waals surface area contributed by atoms with Gasteiger partial charge in [0, 0.05) is 12.7 Å². The topological polar surface area (TPSA) is 84.7 Å². The Morgan fingerprint density at radius 1 is 1.11 bits per heavy atom. The minimum atomic E-state index is -0.400. The Labute approximate surface area is 168 Å². The molecule has 0 heterocycles. The number of esters is 1. The third-order valence-electron chi connectivity index (χ3n) is 3.86. The van der Waals surface area contributed by atoms with Crippen molar-refractivity contribution in [1.82, 2.24) is 4.90 Å². The van der Waals surface area contributed by atoms with Gasteiger partial charge in [0.15, 0.2) is 0 Å². The lowest BCUT2D eigenvalue weighted by molar-refractivity contribution is -0.144. The van der Waals surface area contributed by atoms with Crippen molar-refractivity contribution >= 4 is 46.5 Å². The maximum absolute atomic E-state index is 12.1. The van der Waals surface area contributed by atoms with Crippen molar-refractivity contribution in [3.8, 4) is 0 Å². The van der Waals surface area contributed by atoms with E-state index in [2.05, 4.69) is 5.32 Å². The fourth-order valence-corrected chi connectivity index (χ4v) is 2.82. The number of ether oxygens (including phenoxy) is 1. The van der Waals surface area contributed by atoms with Crippen molar-refractivity contribution in [2.75, 3.05) is 32.1 Å². The number of anilines is 2. The third-order valence-corrected chi connectivity index (χ3v) is 4.49. The van der Waals surface area contributed by atoms with Gasteiger partial charge in [-0.1, -0.05) is 47.5 Å². The quantitative estimate of drug-likeness (QED) is 0.653. The second-order valence-electron chi connectivity index (χ2n) is 5.80. The van der Waals surface area contributed by atoms with Crippen molar-refractivity contribution in [2.24, 2.45) is 5.73 Å². The van der Waals surface area contributed by atoms with Crippen LogP contribution in [0.2, 0.25) is 10.0 Å². The number of nitrogens with zero attached hydrogens (tertiary/aromatic N) is 1. The van der Waals surface area contributed by atoms with E-state index < -0.39 is 5.97 Å². The molecule has 0 saturated carbocycles. The van der Waals surface area contributed by atoms with Crippen molar-refractivity contribution in [3.63, 3.8) is 0 Å². The summed E-state index contributed by atoms with van der Waals surface area (Å²) in [4.78, 5) is 24.9. The summed E-state index contributed by atoms with van der Waals surface area (Å²) in [6.45, 7) is 0.317. The van der Waals surface area contributed by atoms with Gasteiger partial charge in [-0.3, -0.25) is 9.59 Å². The molecule has 2 aromatic carbocycles. The van der Waals surface area contributed by atoms with Crippen molar-refractivity contribution < 1.29 is 14.3 Å². The number of likely N-dealkylation sites (N-methyl/N-ethyl adjacent to an activating group) is 1. The average molecular weight is 410 g/mol. The van der Waals surface area contributed by atoms with Crippen LogP contribution in [0.25, 0.3) is 0 Å². The van der Waals surface area contributed by atoms with Crippen LogP contribution in [-0.4, -0.2) is 43.5 Å². The molecule has 2 rings (SSSR count). The molecule has 0 radical (unpaired) electrons. The molecule has 0 spiro atoms. The van der Waals surface area contributed by atoms with Gasteiger partial charge in [0.25, 0.3) is 0 Å². The minimum Gasteiger partial charge on any atom is -0.464 e. The van der Waals surface area contributed by atoms with Crippen molar-refractivity contribution in [1.29, 1.82) is 0 Å². The highest BCUT2D eigenvalue weighted by atomic mass is 35.5. The number of para-hydroxylation sites is 2. The number of carbonyl (C=O) groups excluding carboxylic acids is 2. The number of carbonyl (C=O) groups is 2. The molecule has 0 aliphatic heterocycles. The zero-order valence-electron chi connectivity index (χ0n) is 14.9. The van der Waals surface area contributed by atoms with Gasteiger partial charge in [0.2, 0.25) is 5.91 Å². The molecule has 0 aliphatic rings. The predicted octanol–water partition coefficient (Wildman–Crippen LogP) is 3.24. The summed E-state index contributed by atoms with van der Waals surface area (Å²) in [6, 6.07) is 12.5. The first-order valence-electron chi connectivity index (χ1n) is 8.31. The Hall–Kier alpha value is -2.28. The normalized spacial score (nSPS) is 10.4. The molecule has 0 bridgehead atoms. The first-order valence-corrected chi connectivity index (χ1v) is 9.06. The largest absolute Gasteiger partial charge is 0.464 e. The Balaban J connectivity index is 1.99. The smallest absolute Gasteiger partial charge is 0.310 e. The summed E-state index contributed by atoms with van der Waals surface area (Å²) in [6.07, 6.45) is 0.0692. The van der Waals surface area contributed by atoms with Crippen LogP contribution in [0.15, 0.2) is 42.5 Å². The van der Waals surface area contributed by atoms with Gasteiger partial charge in [-0.05, 0) is 23.8 Å². The molecule has 8 heteroatoms. The van der Waals surface area contributed by atoms with Crippen molar-refractivity contribution in [2.45, 2.75) is 6.42 Å². The lowest BCUT2D eigenvalue weighted by Gasteiger charge is -2.16. The van der Waals surface area contributed by atoms with E-state index in [0.29, 0.717) is 21.4 Å². The fraction of sp³-hybridized carbons (Fsp3) is 0.263. The monoisotopic (exact) mass is 409 g/mol. The molecule has 3 N–H and O–H groups in total. The number of nitrogens with two attached hydrogens (primary N) is 1. The Morgan fingerprint density at radius 2 is 1.78 bits per heavy atom. The summed E-state index contributed by atoms with van der Waals surface area (Å²) >= 11 is 12.4. The van der Waals surface area contributed by atoms with Gasteiger partial charge in [-0.25, -0.2) is 0 Å². The van der Waals surface area contributed by atoms with Crippen LogP contribution in [0.1, 0.15) is 5.56 Å². The number of hydrogen-bond donors (Lipinski definition) is 2. The maximum atomic E-state index is 12.1. The van der Waals surface area contributed by atoms with E-state index in [1.807, 2.05) is 24.3 Å². The third kappa shape index (κ3) is 6.13. The van der Waals surface area contributed by atoms with Crippen LogP contribution in [0.5, 0.6) is 0 Å². The first-order chi connectivity index (χ1) is 12.9. The number of hydrogen-bond acceptors (Lipinski definition) is 5. The Morgan fingerprint density at radius 3 is 2.44 bits per heavy atom. The van der Waals surface area contributed by atoms with E-state index in [0.717, 1.165) is 5.56 Å². The van der Waals surface area contributed by atoms with E-state index in [-0.39, 0.29) is 32.0 Å². The number of rotatable bonds is 8. The van der Waals surface area contributed by atoms with Crippen LogP contribution in [0, 0.1) is 0 Å². The molecule has 0 fully saturated rings. The molecule has 0 aliphatic carbocycles.